The van der Waals surface area contributed by atoms with Crippen LogP contribution in [0.4, 0.5) is 19.1 Å². The summed E-state index contributed by atoms with van der Waals surface area (Å²) < 4.78 is 40.6. The number of benzene rings is 2. The monoisotopic (exact) mass is 524 g/mol. The first kappa shape index (κ1) is 27.0. The molecule has 0 atom stereocenters. The van der Waals surface area contributed by atoms with Crippen molar-refractivity contribution in [1.29, 1.82) is 0 Å². The number of hydrogen-bond acceptors (Lipinski definition) is 5. The molecule has 0 amide bonds. The molecule has 0 saturated carbocycles. The Bertz CT molecular complexity index is 1360. The fraction of sp³-hybridized carbons (Fsp3) is 0.333. The molecule has 8 nitrogen and oxygen atoms in total. The highest BCUT2D eigenvalue weighted by Gasteiger charge is 2.30. The predicted molar refractivity (Wildman–Crippen MR) is 129 cm³/mol. The molecule has 3 rings (SSSR count). The molecule has 3 aromatic rings. The second kappa shape index (κ2) is 11.0. The Labute approximate surface area is 209 Å². The van der Waals surface area contributed by atoms with Gasteiger partial charge in [-0.15, -0.1) is 0 Å². The minimum Gasteiger partial charge on any atom is -0.478 e. The maximum absolute atomic E-state index is 13.6. The quantitative estimate of drug-likeness (QED) is 0.444. The lowest BCUT2D eigenvalue weighted by Crippen LogP contribution is -2.45. The van der Waals surface area contributed by atoms with Gasteiger partial charge >= 0.3 is 23.5 Å². The number of hydrogen-bond donors (Lipinski definition) is 1. The lowest BCUT2D eigenvalue weighted by Gasteiger charge is -2.26. The third-order valence-corrected chi connectivity index (χ3v) is 5.71. The van der Waals surface area contributed by atoms with Crippen LogP contribution in [0.25, 0.3) is 5.69 Å². The summed E-state index contributed by atoms with van der Waals surface area (Å²) in [6.07, 6.45) is -3.15. The van der Waals surface area contributed by atoms with Crippen molar-refractivity contribution < 1.29 is 23.1 Å². The molecular formula is C24H24ClF3N4O4. The van der Waals surface area contributed by atoms with E-state index in [1.54, 1.807) is 4.90 Å². The van der Waals surface area contributed by atoms with Gasteiger partial charge in [0.05, 0.1) is 28.4 Å². The Kier molecular flexibility index (Phi) is 8.24. The number of aromatic nitrogens is 3. The first-order valence-corrected chi connectivity index (χ1v) is 11.5. The minimum absolute atomic E-state index is 0.0362. The summed E-state index contributed by atoms with van der Waals surface area (Å²) in [5.74, 6) is -1.27. The van der Waals surface area contributed by atoms with Crippen LogP contribution in [0.2, 0.25) is 5.02 Å². The van der Waals surface area contributed by atoms with E-state index in [0.29, 0.717) is 25.9 Å². The van der Waals surface area contributed by atoms with Crippen molar-refractivity contribution in [3.63, 3.8) is 0 Å². The number of carbonyl (C=O) groups is 1. The second-order valence-corrected chi connectivity index (χ2v) is 8.46. The lowest BCUT2D eigenvalue weighted by molar-refractivity contribution is -0.137. The minimum atomic E-state index is -4.52. The van der Waals surface area contributed by atoms with Crippen LogP contribution in [-0.4, -0.2) is 38.3 Å². The molecule has 0 aliphatic heterocycles. The van der Waals surface area contributed by atoms with Gasteiger partial charge in [-0.1, -0.05) is 37.6 Å². The van der Waals surface area contributed by atoms with Crippen LogP contribution in [0.5, 0.6) is 0 Å². The van der Waals surface area contributed by atoms with Gasteiger partial charge in [-0.2, -0.15) is 18.2 Å². The zero-order valence-corrected chi connectivity index (χ0v) is 20.3. The predicted octanol–water partition coefficient (Wildman–Crippen LogP) is 4.44. The number of alkyl halides is 3. The number of carboxylic acids is 1. The van der Waals surface area contributed by atoms with Crippen LogP contribution in [0.3, 0.4) is 0 Å². The van der Waals surface area contributed by atoms with Gasteiger partial charge in [0, 0.05) is 13.1 Å². The Hall–Kier alpha value is -3.60. The SMILES string of the molecule is CCCN(CCC)c1nc(=O)n(Cc2ccc(C(F)(F)F)cc2)c(=O)n1-c1ccc(Cl)c(C(=O)O)c1. The zero-order valence-electron chi connectivity index (χ0n) is 19.5. The van der Waals surface area contributed by atoms with Gasteiger partial charge in [0.25, 0.3) is 0 Å². The van der Waals surface area contributed by atoms with Crippen LogP contribution in [0, 0.1) is 0 Å². The summed E-state index contributed by atoms with van der Waals surface area (Å²) in [5.41, 5.74) is -2.39. The van der Waals surface area contributed by atoms with E-state index in [4.69, 9.17) is 11.6 Å². The van der Waals surface area contributed by atoms with E-state index in [-0.39, 0.29) is 34.3 Å². The van der Waals surface area contributed by atoms with E-state index in [9.17, 15) is 32.7 Å². The van der Waals surface area contributed by atoms with E-state index in [1.807, 2.05) is 13.8 Å². The molecule has 0 saturated heterocycles. The maximum atomic E-state index is 13.6. The molecule has 1 N–H and O–H groups in total. The number of aromatic carboxylic acids is 1. The number of halogens is 4. The summed E-state index contributed by atoms with van der Waals surface area (Å²) >= 11 is 6.00. The molecule has 2 aromatic carbocycles. The van der Waals surface area contributed by atoms with Crippen LogP contribution in [0.1, 0.15) is 48.2 Å². The summed E-state index contributed by atoms with van der Waals surface area (Å²) in [5, 5.41) is 9.46. The van der Waals surface area contributed by atoms with E-state index in [2.05, 4.69) is 4.98 Å². The first-order valence-electron chi connectivity index (χ1n) is 11.2. The molecule has 0 aliphatic carbocycles. The third-order valence-electron chi connectivity index (χ3n) is 5.38. The molecule has 12 heteroatoms. The average molecular weight is 525 g/mol. The van der Waals surface area contributed by atoms with Gasteiger partial charge in [-0.25, -0.2) is 23.5 Å². The Balaban J connectivity index is 2.22. The van der Waals surface area contributed by atoms with Gasteiger partial charge in [0.15, 0.2) is 0 Å². The largest absolute Gasteiger partial charge is 0.478 e. The summed E-state index contributed by atoms with van der Waals surface area (Å²) in [6, 6.07) is 8.06. The highest BCUT2D eigenvalue weighted by molar-refractivity contribution is 6.33. The number of rotatable bonds is 9. The normalized spacial score (nSPS) is 11.5. The number of anilines is 1. The lowest BCUT2D eigenvalue weighted by atomic mass is 10.1. The molecule has 36 heavy (non-hydrogen) atoms. The van der Waals surface area contributed by atoms with Crippen LogP contribution < -0.4 is 16.3 Å². The van der Waals surface area contributed by atoms with Crippen molar-refractivity contribution >= 4 is 23.5 Å². The topological polar surface area (TPSA) is 97.4 Å². The summed E-state index contributed by atoms with van der Waals surface area (Å²) in [4.78, 5) is 44.1. The van der Waals surface area contributed by atoms with E-state index >= 15 is 0 Å². The van der Waals surface area contributed by atoms with Crippen LogP contribution in [0.15, 0.2) is 52.1 Å². The number of carboxylic acid groups (broad SMARTS) is 1. The van der Waals surface area contributed by atoms with Crippen molar-refractivity contribution in [2.75, 3.05) is 18.0 Å². The van der Waals surface area contributed by atoms with Gasteiger partial charge < -0.3 is 10.0 Å². The van der Waals surface area contributed by atoms with Gasteiger partial charge in [0.2, 0.25) is 5.95 Å². The molecule has 0 unspecified atom stereocenters. The molecule has 0 aliphatic rings. The van der Waals surface area contributed by atoms with Gasteiger partial charge in [-0.3, -0.25) is 0 Å². The average Bonchev–Trinajstić information content (AvgIpc) is 2.81. The van der Waals surface area contributed by atoms with Gasteiger partial charge in [0.1, 0.15) is 0 Å². The fourth-order valence-electron chi connectivity index (χ4n) is 3.71. The third kappa shape index (κ3) is 5.78. The summed E-state index contributed by atoms with van der Waals surface area (Å²) in [6.45, 7) is 4.46. The Morgan fingerprint density at radius 2 is 1.67 bits per heavy atom. The maximum Gasteiger partial charge on any atom is 0.416 e. The highest BCUT2D eigenvalue weighted by Crippen LogP contribution is 2.29. The van der Waals surface area contributed by atoms with Crippen molar-refractivity contribution in [3.8, 4) is 5.69 Å². The molecule has 1 heterocycles. The van der Waals surface area contributed by atoms with E-state index < -0.39 is 29.1 Å². The molecule has 0 fully saturated rings. The van der Waals surface area contributed by atoms with E-state index in [0.717, 1.165) is 21.3 Å². The zero-order chi connectivity index (χ0) is 26.6. The number of nitrogens with zero attached hydrogens (tertiary/aromatic N) is 4. The van der Waals surface area contributed by atoms with Crippen molar-refractivity contribution in [3.05, 3.63) is 85.1 Å². The molecule has 1 aromatic heterocycles. The Morgan fingerprint density at radius 3 is 2.19 bits per heavy atom. The smallest absolute Gasteiger partial charge is 0.416 e. The standard InChI is InChI=1S/C24H24ClF3N4O4/c1-3-11-30(12-4-2)21-29-22(35)31(14-15-5-7-16(8-6-15)24(26,27)28)23(36)32(21)17-9-10-19(25)18(13-17)20(33)34/h5-10,13H,3-4,11-12,14H2,1-2H3,(H,33,34). The molecule has 0 radical (unpaired) electrons. The Morgan fingerprint density at radius 1 is 1.06 bits per heavy atom. The highest BCUT2D eigenvalue weighted by atomic mass is 35.5. The second-order valence-electron chi connectivity index (χ2n) is 8.05. The van der Waals surface area contributed by atoms with Crippen molar-refractivity contribution in [2.24, 2.45) is 0 Å². The molecular weight excluding hydrogens is 501 g/mol. The fourth-order valence-corrected chi connectivity index (χ4v) is 3.91. The van der Waals surface area contributed by atoms with Crippen LogP contribution in [-0.2, 0) is 12.7 Å². The first-order chi connectivity index (χ1) is 17.0. The van der Waals surface area contributed by atoms with Crippen molar-refractivity contribution in [1.82, 2.24) is 14.1 Å². The van der Waals surface area contributed by atoms with Crippen LogP contribution >= 0.6 is 11.6 Å². The molecule has 0 bridgehead atoms. The molecule has 0 spiro atoms. The summed E-state index contributed by atoms with van der Waals surface area (Å²) in [7, 11) is 0. The van der Waals surface area contributed by atoms with Crippen molar-refractivity contribution in [2.45, 2.75) is 39.4 Å². The van der Waals surface area contributed by atoms with Gasteiger partial charge in [-0.05, 0) is 48.7 Å². The van der Waals surface area contributed by atoms with E-state index in [1.165, 1.54) is 30.3 Å². The molecule has 192 valence electrons.